The van der Waals surface area contributed by atoms with E-state index in [1.165, 1.54) is 10.9 Å². The molecule has 0 bridgehead atoms. The quantitative estimate of drug-likeness (QED) is 0.619. The number of hydrogen-bond donors (Lipinski definition) is 1. The molecule has 25 heavy (non-hydrogen) atoms. The number of halogens is 2. The Bertz CT molecular complexity index is 1060. The molecule has 1 aromatic carbocycles. The molecule has 7 nitrogen and oxygen atoms in total. The van der Waals surface area contributed by atoms with Crippen molar-refractivity contribution in [3.8, 4) is 11.4 Å². The molecular weight excluding hydrogens is 328 g/mol. The summed E-state index contributed by atoms with van der Waals surface area (Å²) in [4.78, 5) is 0. The van der Waals surface area contributed by atoms with Crippen LogP contribution in [0.15, 0.2) is 42.7 Å². The predicted molar refractivity (Wildman–Crippen MR) is 85.0 cm³/mol. The average Bonchev–Trinajstić information content (AvgIpc) is 3.10. The smallest absolute Gasteiger partial charge is 0.272 e. The number of alkyl halides is 2. The number of aromatic amines is 1. The number of para-hydroxylation sites is 1. The first-order valence-electron chi connectivity index (χ1n) is 7.86. The van der Waals surface area contributed by atoms with Gasteiger partial charge >= 0.3 is 0 Å². The zero-order valence-corrected chi connectivity index (χ0v) is 13.0. The highest BCUT2D eigenvalue weighted by molar-refractivity contribution is 5.81. The Morgan fingerprint density at radius 3 is 2.92 bits per heavy atom. The van der Waals surface area contributed by atoms with E-state index in [2.05, 4.69) is 25.6 Å². The second kappa shape index (κ2) is 4.95. The first kappa shape index (κ1) is 14.3. The van der Waals surface area contributed by atoms with E-state index in [9.17, 15) is 8.78 Å². The lowest BCUT2D eigenvalue weighted by atomic mass is 10.2. The molecule has 1 saturated carbocycles. The summed E-state index contributed by atoms with van der Waals surface area (Å²) in [6, 6.07) is 8.57. The third kappa shape index (κ3) is 2.31. The maximum absolute atomic E-state index is 13.3. The fourth-order valence-electron chi connectivity index (χ4n) is 3.02. The second-order valence-electron chi connectivity index (χ2n) is 6.16. The Labute approximate surface area is 140 Å². The zero-order valence-electron chi connectivity index (χ0n) is 13.0. The summed E-state index contributed by atoms with van der Waals surface area (Å²) >= 11 is 0. The van der Waals surface area contributed by atoms with Crippen LogP contribution in [0, 0.1) is 0 Å². The molecule has 126 valence electrons. The van der Waals surface area contributed by atoms with Crippen molar-refractivity contribution in [1.29, 1.82) is 0 Å². The van der Waals surface area contributed by atoms with E-state index in [0.29, 0.717) is 17.9 Å². The van der Waals surface area contributed by atoms with Crippen LogP contribution in [0.1, 0.15) is 18.2 Å². The van der Waals surface area contributed by atoms with Crippen molar-refractivity contribution in [2.75, 3.05) is 0 Å². The maximum atomic E-state index is 13.3. The normalized spacial score (nSPS) is 18.7. The van der Waals surface area contributed by atoms with E-state index in [1.807, 2.05) is 24.3 Å². The molecule has 0 spiro atoms. The topological polar surface area (TPSA) is 77.2 Å². The number of nitrogens with one attached hydrogen (secondary N) is 1. The number of nitrogens with zero attached hydrogens (tertiary/aromatic N) is 6. The van der Waals surface area contributed by atoms with Gasteiger partial charge in [0.2, 0.25) is 0 Å². The standard InChI is InChI=1S/C16H13F2N7/c17-16(18)7-15(16)25-14(5-6-19-25)13-9-24(23-22-13)8-12-10-3-1-2-4-11(10)20-21-12/h1-6,9,15H,7-8H2,(H,20,21). The van der Waals surface area contributed by atoms with Crippen molar-refractivity contribution in [3.63, 3.8) is 0 Å². The van der Waals surface area contributed by atoms with Gasteiger partial charge in [-0.2, -0.15) is 10.2 Å². The molecule has 1 aliphatic rings. The van der Waals surface area contributed by atoms with Gasteiger partial charge in [-0.15, -0.1) is 5.10 Å². The molecule has 1 aliphatic carbocycles. The van der Waals surface area contributed by atoms with Crippen molar-refractivity contribution in [1.82, 2.24) is 35.0 Å². The fraction of sp³-hybridized carbons (Fsp3) is 0.250. The molecule has 1 N–H and O–H groups in total. The van der Waals surface area contributed by atoms with Crippen LogP contribution in [0.25, 0.3) is 22.3 Å². The van der Waals surface area contributed by atoms with E-state index in [1.54, 1.807) is 16.9 Å². The van der Waals surface area contributed by atoms with E-state index in [-0.39, 0.29) is 6.42 Å². The van der Waals surface area contributed by atoms with E-state index in [4.69, 9.17) is 0 Å². The highest BCUT2D eigenvalue weighted by Gasteiger charge is 2.59. The van der Waals surface area contributed by atoms with Crippen LogP contribution in [-0.2, 0) is 6.54 Å². The first-order chi connectivity index (χ1) is 12.1. The number of fused-ring (bicyclic) bond motifs is 1. The van der Waals surface area contributed by atoms with Gasteiger partial charge in [0.15, 0.2) is 0 Å². The van der Waals surface area contributed by atoms with Crippen LogP contribution in [0.2, 0.25) is 0 Å². The molecule has 4 aromatic rings. The van der Waals surface area contributed by atoms with Crippen molar-refractivity contribution in [2.24, 2.45) is 0 Å². The van der Waals surface area contributed by atoms with Gasteiger partial charge in [0.05, 0.1) is 29.6 Å². The third-order valence-corrected chi connectivity index (χ3v) is 4.42. The lowest BCUT2D eigenvalue weighted by molar-refractivity contribution is 0.0986. The molecule has 0 amide bonds. The average molecular weight is 341 g/mol. The van der Waals surface area contributed by atoms with Gasteiger partial charge in [-0.25, -0.2) is 13.5 Å². The van der Waals surface area contributed by atoms with Gasteiger partial charge in [0.25, 0.3) is 5.92 Å². The van der Waals surface area contributed by atoms with Gasteiger partial charge in [-0.05, 0) is 12.1 Å². The van der Waals surface area contributed by atoms with Crippen molar-refractivity contribution in [3.05, 3.63) is 48.4 Å². The summed E-state index contributed by atoms with van der Waals surface area (Å²) in [6.07, 6.45) is 3.05. The Morgan fingerprint density at radius 2 is 2.08 bits per heavy atom. The van der Waals surface area contributed by atoms with Crippen molar-refractivity contribution >= 4 is 10.9 Å². The Morgan fingerprint density at radius 1 is 1.24 bits per heavy atom. The minimum Gasteiger partial charge on any atom is -0.279 e. The van der Waals surface area contributed by atoms with Gasteiger partial charge in [0, 0.05) is 18.0 Å². The minimum absolute atomic E-state index is 0.185. The van der Waals surface area contributed by atoms with Crippen LogP contribution in [0.4, 0.5) is 8.78 Å². The van der Waals surface area contributed by atoms with Crippen LogP contribution in [0.5, 0.6) is 0 Å². The second-order valence-corrected chi connectivity index (χ2v) is 6.16. The van der Waals surface area contributed by atoms with Crippen LogP contribution in [-0.4, -0.2) is 40.9 Å². The maximum Gasteiger partial charge on any atom is 0.272 e. The number of benzene rings is 1. The number of rotatable bonds is 4. The monoisotopic (exact) mass is 341 g/mol. The Kier molecular flexibility index (Phi) is 2.82. The van der Waals surface area contributed by atoms with E-state index in [0.717, 1.165) is 16.6 Å². The van der Waals surface area contributed by atoms with E-state index < -0.39 is 12.0 Å². The molecule has 1 unspecified atom stereocenters. The zero-order chi connectivity index (χ0) is 17.0. The van der Waals surface area contributed by atoms with E-state index >= 15 is 0 Å². The molecule has 0 radical (unpaired) electrons. The molecule has 1 fully saturated rings. The van der Waals surface area contributed by atoms with Crippen molar-refractivity contribution in [2.45, 2.75) is 24.9 Å². The number of aromatic nitrogens is 7. The number of H-pyrrole nitrogens is 1. The molecular formula is C16H13F2N7. The highest BCUT2D eigenvalue weighted by atomic mass is 19.3. The highest BCUT2D eigenvalue weighted by Crippen LogP contribution is 2.53. The van der Waals surface area contributed by atoms with Gasteiger partial charge in [-0.1, -0.05) is 23.4 Å². The Hall–Kier alpha value is -3.10. The van der Waals surface area contributed by atoms with Crippen molar-refractivity contribution < 1.29 is 8.78 Å². The molecule has 1 atom stereocenters. The lowest BCUT2D eigenvalue weighted by Gasteiger charge is -2.03. The summed E-state index contributed by atoms with van der Waals surface area (Å²) in [6.45, 7) is 0.460. The summed E-state index contributed by atoms with van der Waals surface area (Å²) in [5, 5.41) is 20.5. The van der Waals surface area contributed by atoms with Gasteiger partial charge in [-0.3, -0.25) is 9.78 Å². The minimum atomic E-state index is -2.69. The molecule has 3 heterocycles. The molecule has 0 saturated heterocycles. The molecule has 9 heteroatoms. The van der Waals surface area contributed by atoms with Gasteiger partial charge < -0.3 is 0 Å². The Balaban J connectivity index is 1.44. The lowest BCUT2D eigenvalue weighted by Crippen LogP contribution is -2.05. The summed E-state index contributed by atoms with van der Waals surface area (Å²) < 4.78 is 29.7. The van der Waals surface area contributed by atoms with Crippen LogP contribution >= 0.6 is 0 Å². The molecule has 0 aliphatic heterocycles. The largest absolute Gasteiger partial charge is 0.279 e. The number of hydrogen-bond acceptors (Lipinski definition) is 4. The van der Waals surface area contributed by atoms with Gasteiger partial charge in [0.1, 0.15) is 11.7 Å². The summed E-state index contributed by atoms with van der Waals surface area (Å²) in [5.74, 6) is -2.69. The predicted octanol–water partition coefficient (Wildman–Crippen LogP) is 2.65. The summed E-state index contributed by atoms with van der Waals surface area (Å²) in [7, 11) is 0. The fourth-order valence-corrected chi connectivity index (χ4v) is 3.02. The summed E-state index contributed by atoms with van der Waals surface area (Å²) in [5.41, 5.74) is 2.85. The SMILES string of the molecule is FC1(F)CC1n1nccc1-c1cn(Cc2[nH]nc3ccccc23)nn1. The van der Waals surface area contributed by atoms with Crippen LogP contribution < -0.4 is 0 Å². The molecule has 5 rings (SSSR count). The van der Waals surface area contributed by atoms with Crippen LogP contribution in [0.3, 0.4) is 0 Å². The third-order valence-electron chi connectivity index (χ3n) is 4.42. The molecule has 3 aromatic heterocycles. The first-order valence-corrected chi connectivity index (χ1v) is 7.86.